The molecule has 0 saturated carbocycles. The molecule has 0 saturated heterocycles. The smallest absolute Gasteiger partial charge is 0.338 e. The number of hydrogen-bond acceptors (Lipinski definition) is 3. The van der Waals surface area contributed by atoms with E-state index in [1.54, 1.807) is 6.07 Å². The van der Waals surface area contributed by atoms with Gasteiger partial charge in [0.05, 0.1) is 12.2 Å². The monoisotopic (exact) mass is 296 g/mol. The quantitative estimate of drug-likeness (QED) is 0.792. The number of nitriles is 1. The molecule has 1 aromatic heterocycles. The molecular weight excluding hydrogens is 276 g/mol. The first kappa shape index (κ1) is 15.8. The van der Waals surface area contributed by atoms with Crippen LogP contribution in [-0.4, -0.2) is 17.1 Å². The van der Waals surface area contributed by atoms with Gasteiger partial charge in [0.1, 0.15) is 11.8 Å². The van der Waals surface area contributed by atoms with Crippen LogP contribution < -0.4 is 0 Å². The number of nitrogens with zero attached hydrogens (tertiary/aromatic N) is 2. The lowest BCUT2D eigenvalue weighted by molar-refractivity contribution is 0.0505. The van der Waals surface area contributed by atoms with Crippen molar-refractivity contribution in [3.8, 4) is 6.07 Å². The Morgan fingerprint density at radius 1 is 1.32 bits per heavy atom. The fourth-order valence-electron chi connectivity index (χ4n) is 2.46. The molecule has 0 aliphatic carbocycles. The Morgan fingerprint density at radius 3 is 2.77 bits per heavy atom. The van der Waals surface area contributed by atoms with E-state index in [0.29, 0.717) is 24.4 Å². The second-order valence-corrected chi connectivity index (χ2v) is 5.35. The van der Waals surface area contributed by atoms with Crippen molar-refractivity contribution in [1.29, 1.82) is 5.26 Å². The molecule has 1 heterocycles. The minimum atomic E-state index is -0.301. The standard InChI is InChI=1S/C18H20N2O2/c1-4-8-22-18(21)16-7-5-6-15(10-16)12-20-14(3)9-13(2)17(20)11-19/h5-7,9-10H,4,8,12H2,1-3H3. The van der Waals surface area contributed by atoms with Gasteiger partial charge in [0.2, 0.25) is 0 Å². The van der Waals surface area contributed by atoms with Gasteiger partial charge >= 0.3 is 5.97 Å². The summed E-state index contributed by atoms with van der Waals surface area (Å²) in [7, 11) is 0. The van der Waals surface area contributed by atoms with Crippen molar-refractivity contribution in [1.82, 2.24) is 4.57 Å². The maximum absolute atomic E-state index is 11.9. The molecule has 2 aromatic rings. The second kappa shape index (κ2) is 6.95. The van der Waals surface area contributed by atoms with Gasteiger partial charge in [-0.2, -0.15) is 5.26 Å². The number of aryl methyl sites for hydroxylation is 2. The minimum absolute atomic E-state index is 0.301. The number of carbonyl (C=O) groups excluding carboxylic acids is 1. The van der Waals surface area contributed by atoms with Crippen LogP contribution in [-0.2, 0) is 11.3 Å². The molecule has 0 radical (unpaired) electrons. The third-order valence-corrected chi connectivity index (χ3v) is 3.54. The topological polar surface area (TPSA) is 55.0 Å². The van der Waals surface area contributed by atoms with Crippen LogP contribution in [0.1, 0.15) is 46.2 Å². The predicted octanol–water partition coefficient (Wildman–Crippen LogP) is 3.59. The molecular formula is C18H20N2O2. The third-order valence-electron chi connectivity index (χ3n) is 3.54. The minimum Gasteiger partial charge on any atom is -0.462 e. The zero-order valence-electron chi connectivity index (χ0n) is 13.2. The number of esters is 1. The van der Waals surface area contributed by atoms with Gasteiger partial charge in [0.25, 0.3) is 0 Å². The zero-order chi connectivity index (χ0) is 16.1. The maximum Gasteiger partial charge on any atom is 0.338 e. The van der Waals surface area contributed by atoms with Gasteiger partial charge in [-0.05, 0) is 49.6 Å². The van der Waals surface area contributed by atoms with Crippen molar-refractivity contribution in [2.24, 2.45) is 0 Å². The number of ether oxygens (including phenoxy) is 1. The van der Waals surface area contributed by atoms with Crippen LogP contribution >= 0.6 is 0 Å². The molecule has 2 rings (SSSR count). The lowest BCUT2D eigenvalue weighted by Crippen LogP contribution is -2.08. The summed E-state index contributed by atoms with van der Waals surface area (Å²) in [5, 5.41) is 9.29. The van der Waals surface area contributed by atoms with E-state index >= 15 is 0 Å². The fourth-order valence-corrected chi connectivity index (χ4v) is 2.46. The van der Waals surface area contributed by atoms with E-state index in [0.717, 1.165) is 23.2 Å². The summed E-state index contributed by atoms with van der Waals surface area (Å²) in [5.41, 5.74) is 4.19. The van der Waals surface area contributed by atoms with Crippen molar-refractivity contribution in [3.63, 3.8) is 0 Å². The summed E-state index contributed by atoms with van der Waals surface area (Å²) >= 11 is 0. The molecule has 0 unspecified atom stereocenters. The molecule has 4 nitrogen and oxygen atoms in total. The molecule has 114 valence electrons. The van der Waals surface area contributed by atoms with Gasteiger partial charge in [0, 0.05) is 12.2 Å². The second-order valence-electron chi connectivity index (χ2n) is 5.35. The normalized spacial score (nSPS) is 10.3. The van der Waals surface area contributed by atoms with Crippen LogP contribution in [0.5, 0.6) is 0 Å². The Hall–Kier alpha value is -2.54. The highest BCUT2D eigenvalue weighted by atomic mass is 16.5. The van der Waals surface area contributed by atoms with E-state index in [1.165, 1.54) is 0 Å². The molecule has 0 bridgehead atoms. The molecule has 0 spiro atoms. The van der Waals surface area contributed by atoms with Crippen LogP contribution in [0.4, 0.5) is 0 Å². The van der Waals surface area contributed by atoms with Gasteiger partial charge in [-0.25, -0.2) is 4.79 Å². The summed E-state index contributed by atoms with van der Waals surface area (Å²) in [6.07, 6.45) is 0.804. The van der Waals surface area contributed by atoms with Gasteiger partial charge in [-0.3, -0.25) is 0 Å². The largest absolute Gasteiger partial charge is 0.462 e. The Balaban J connectivity index is 2.25. The van der Waals surface area contributed by atoms with Gasteiger partial charge in [-0.15, -0.1) is 0 Å². The molecule has 22 heavy (non-hydrogen) atoms. The van der Waals surface area contributed by atoms with Crippen molar-refractivity contribution >= 4 is 5.97 Å². The number of rotatable bonds is 5. The van der Waals surface area contributed by atoms with Crippen LogP contribution in [0.25, 0.3) is 0 Å². The molecule has 4 heteroatoms. The molecule has 0 N–H and O–H groups in total. The average Bonchev–Trinajstić information content (AvgIpc) is 2.78. The van der Waals surface area contributed by atoms with Crippen LogP contribution in [0.15, 0.2) is 30.3 Å². The first-order chi connectivity index (χ1) is 10.6. The van der Waals surface area contributed by atoms with Crippen molar-refractivity contribution in [2.75, 3.05) is 6.61 Å². The van der Waals surface area contributed by atoms with Crippen molar-refractivity contribution in [2.45, 2.75) is 33.7 Å². The molecule has 0 amide bonds. The van der Waals surface area contributed by atoms with Crippen LogP contribution in [0.3, 0.4) is 0 Å². The first-order valence-corrected chi connectivity index (χ1v) is 7.39. The van der Waals surface area contributed by atoms with Gasteiger partial charge in [0.15, 0.2) is 0 Å². The number of hydrogen-bond donors (Lipinski definition) is 0. The number of carbonyl (C=O) groups is 1. The van der Waals surface area contributed by atoms with Crippen LogP contribution in [0.2, 0.25) is 0 Å². The highest BCUT2D eigenvalue weighted by Gasteiger charge is 2.11. The summed E-state index contributed by atoms with van der Waals surface area (Å²) in [5.74, 6) is -0.301. The van der Waals surface area contributed by atoms with E-state index in [4.69, 9.17) is 4.74 Å². The molecule has 0 aliphatic heterocycles. The average molecular weight is 296 g/mol. The maximum atomic E-state index is 11.9. The summed E-state index contributed by atoms with van der Waals surface area (Å²) in [6.45, 7) is 6.87. The lowest BCUT2D eigenvalue weighted by Gasteiger charge is -2.10. The molecule has 0 aliphatic rings. The van der Waals surface area contributed by atoms with E-state index < -0.39 is 0 Å². The van der Waals surface area contributed by atoms with E-state index in [-0.39, 0.29) is 5.97 Å². The van der Waals surface area contributed by atoms with Crippen LogP contribution in [0, 0.1) is 25.2 Å². The third kappa shape index (κ3) is 3.37. The highest BCUT2D eigenvalue weighted by Crippen LogP contribution is 2.17. The highest BCUT2D eigenvalue weighted by molar-refractivity contribution is 5.89. The zero-order valence-corrected chi connectivity index (χ0v) is 13.2. The Kier molecular flexibility index (Phi) is 5.00. The van der Waals surface area contributed by atoms with Gasteiger partial charge < -0.3 is 9.30 Å². The number of aromatic nitrogens is 1. The summed E-state index contributed by atoms with van der Waals surface area (Å²) < 4.78 is 7.12. The Morgan fingerprint density at radius 2 is 2.09 bits per heavy atom. The predicted molar refractivity (Wildman–Crippen MR) is 84.7 cm³/mol. The summed E-state index contributed by atoms with van der Waals surface area (Å²) in [6, 6.07) is 11.6. The number of benzene rings is 1. The SMILES string of the molecule is CCCOC(=O)c1cccc(Cn2c(C)cc(C)c2C#N)c1. The summed E-state index contributed by atoms with van der Waals surface area (Å²) in [4.78, 5) is 11.9. The van der Waals surface area contributed by atoms with Gasteiger partial charge in [-0.1, -0.05) is 19.1 Å². The Labute approximate surface area is 130 Å². The van der Waals surface area contributed by atoms with E-state index in [9.17, 15) is 10.1 Å². The first-order valence-electron chi connectivity index (χ1n) is 7.39. The molecule has 1 aromatic carbocycles. The molecule has 0 fully saturated rings. The van der Waals surface area contributed by atoms with E-state index in [2.05, 4.69) is 6.07 Å². The molecule has 0 atom stereocenters. The van der Waals surface area contributed by atoms with Crippen molar-refractivity contribution < 1.29 is 9.53 Å². The fraction of sp³-hybridized carbons (Fsp3) is 0.333. The van der Waals surface area contributed by atoms with E-state index in [1.807, 2.05) is 49.6 Å². The Bertz CT molecular complexity index is 723. The lowest BCUT2D eigenvalue weighted by atomic mass is 10.1. The van der Waals surface area contributed by atoms with Crippen molar-refractivity contribution in [3.05, 3.63) is 58.4 Å².